The largest absolute Gasteiger partial charge is 0.497 e. The second kappa shape index (κ2) is 11.2. The predicted molar refractivity (Wildman–Crippen MR) is 132 cm³/mol. The summed E-state index contributed by atoms with van der Waals surface area (Å²) in [4.78, 5) is 26.4. The Kier molecular flexibility index (Phi) is 8.06. The summed E-state index contributed by atoms with van der Waals surface area (Å²) < 4.78 is 15.6. The molecule has 0 unspecified atom stereocenters. The Morgan fingerprint density at radius 3 is 2.26 bits per heavy atom. The van der Waals surface area contributed by atoms with E-state index in [-0.39, 0.29) is 11.1 Å². The molecule has 0 fully saturated rings. The molecule has 1 N–H and O–H groups in total. The summed E-state index contributed by atoms with van der Waals surface area (Å²) in [5.74, 6) is 0.178. The van der Waals surface area contributed by atoms with Gasteiger partial charge in [-0.15, -0.1) is 11.3 Å². The maximum absolute atomic E-state index is 12.9. The number of benzene rings is 2. The monoisotopic (exact) mass is 476 g/mol. The summed E-state index contributed by atoms with van der Waals surface area (Å²) in [7, 11) is 2.84. The molecule has 2 aromatic carbocycles. The number of methoxy groups -OCH3 is 2. The van der Waals surface area contributed by atoms with E-state index in [4.69, 9.17) is 14.2 Å². The van der Waals surface area contributed by atoms with Gasteiger partial charge >= 0.3 is 5.97 Å². The van der Waals surface area contributed by atoms with Crippen LogP contribution >= 0.6 is 11.3 Å². The van der Waals surface area contributed by atoms with E-state index in [1.807, 2.05) is 44.2 Å². The average Bonchev–Trinajstić information content (AvgIpc) is 3.18. The van der Waals surface area contributed by atoms with Crippen molar-refractivity contribution >= 4 is 34.3 Å². The number of thiophene rings is 1. The lowest BCUT2D eigenvalue weighted by atomic mass is 10.0. The molecule has 1 aromatic heterocycles. The first-order valence-corrected chi connectivity index (χ1v) is 11.3. The van der Waals surface area contributed by atoms with Crippen molar-refractivity contribution in [1.82, 2.24) is 0 Å². The fourth-order valence-corrected chi connectivity index (χ4v) is 4.41. The number of nitriles is 1. The molecule has 7 nitrogen and oxygen atoms in total. The quantitative estimate of drug-likeness (QED) is 0.263. The minimum Gasteiger partial charge on any atom is -0.497 e. The van der Waals surface area contributed by atoms with Crippen LogP contribution < -0.4 is 14.8 Å². The number of rotatable bonds is 8. The number of nitrogens with zero attached hydrogens (tertiary/aromatic N) is 1. The van der Waals surface area contributed by atoms with Gasteiger partial charge in [0.1, 0.15) is 33.7 Å². The molecule has 34 heavy (non-hydrogen) atoms. The van der Waals surface area contributed by atoms with Crippen LogP contribution in [0, 0.1) is 18.3 Å². The summed E-state index contributed by atoms with van der Waals surface area (Å²) in [6, 6.07) is 16.2. The lowest BCUT2D eigenvalue weighted by molar-refractivity contribution is -0.112. The summed E-state index contributed by atoms with van der Waals surface area (Å²) in [5, 5.41) is 12.6. The van der Waals surface area contributed by atoms with Gasteiger partial charge in [0.2, 0.25) is 0 Å². The number of carbonyl (C=O) groups excluding carboxylic acids is 2. The highest BCUT2D eigenvalue weighted by Gasteiger charge is 2.26. The highest BCUT2D eigenvalue weighted by Crippen LogP contribution is 2.41. The number of nitrogens with one attached hydrogen (secondary N) is 1. The number of hydrogen-bond donors (Lipinski definition) is 1. The van der Waals surface area contributed by atoms with Crippen molar-refractivity contribution in [3.05, 3.63) is 70.1 Å². The number of esters is 1. The lowest BCUT2D eigenvalue weighted by Crippen LogP contribution is -2.15. The number of anilines is 1. The van der Waals surface area contributed by atoms with E-state index in [0.29, 0.717) is 28.5 Å². The highest BCUT2D eigenvalue weighted by atomic mass is 32.1. The van der Waals surface area contributed by atoms with E-state index < -0.39 is 11.9 Å². The van der Waals surface area contributed by atoms with Crippen LogP contribution in [-0.4, -0.2) is 32.7 Å². The molecule has 0 saturated carbocycles. The summed E-state index contributed by atoms with van der Waals surface area (Å²) in [5.41, 5.74) is 2.25. The van der Waals surface area contributed by atoms with Gasteiger partial charge in [0.05, 0.1) is 20.8 Å². The third-order valence-corrected chi connectivity index (χ3v) is 5.97. The SMILES string of the molecule is CCOc1ccc(-c2c(C)sc(NC(=O)C(C#N)=Cc3ccc(OC)cc3)c2C(=O)OC)cc1. The summed E-state index contributed by atoms with van der Waals surface area (Å²) >= 11 is 1.24. The van der Waals surface area contributed by atoms with E-state index in [1.54, 1.807) is 31.4 Å². The van der Waals surface area contributed by atoms with Crippen LogP contribution in [0.4, 0.5) is 5.00 Å². The first-order chi connectivity index (χ1) is 16.4. The van der Waals surface area contributed by atoms with Crippen LogP contribution in [0.15, 0.2) is 54.1 Å². The van der Waals surface area contributed by atoms with Gasteiger partial charge in [0.15, 0.2) is 0 Å². The van der Waals surface area contributed by atoms with Crippen molar-refractivity contribution in [3.63, 3.8) is 0 Å². The predicted octanol–water partition coefficient (Wildman–Crippen LogP) is 5.46. The highest BCUT2D eigenvalue weighted by molar-refractivity contribution is 7.17. The van der Waals surface area contributed by atoms with Crippen molar-refractivity contribution in [1.29, 1.82) is 5.26 Å². The second-order valence-corrected chi connectivity index (χ2v) is 8.31. The van der Waals surface area contributed by atoms with Crippen LogP contribution in [-0.2, 0) is 9.53 Å². The molecule has 0 aliphatic heterocycles. The first kappa shape index (κ1) is 24.6. The Bertz CT molecular complexity index is 1250. The minimum absolute atomic E-state index is 0.102. The molecule has 0 spiro atoms. The van der Waals surface area contributed by atoms with Gasteiger partial charge in [-0.2, -0.15) is 5.26 Å². The Balaban J connectivity index is 1.96. The molecule has 0 atom stereocenters. The molecule has 3 aromatic rings. The number of ether oxygens (including phenoxy) is 3. The van der Waals surface area contributed by atoms with E-state index >= 15 is 0 Å². The second-order valence-electron chi connectivity index (χ2n) is 7.08. The topological polar surface area (TPSA) is 97.6 Å². The van der Waals surface area contributed by atoms with Crippen molar-refractivity contribution < 1.29 is 23.8 Å². The van der Waals surface area contributed by atoms with Crippen molar-refractivity contribution in [2.75, 3.05) is 26.1 Å². The standard InChI is InChI=1S/C26H24N2O5S/c1-5-33-21-12-8-18(9-13-21)22-16(2)34-25(23(22)26(30)32-4)28-24(29)19(15-27)14-17-6-10-20(31-3)11-7-17/h6-14H,5H2,1-4H3,(H,28,29). The van der Waals surface area contributed by atoms with Crippen molar-refractivity contribution in [2.45, 2.75) is 13.8 Å². The molecule has 0 bridgehead atoms. The molecule has 0 saturated heterocycles. The minimum atomic E-state index is -0.622. The number of amides is 1. The molecule has 1 heterocycles. The Hall–Kier alpha value is -4.09. The molecular weight excluding hydrogens is 452 g/mol. The fourth-order valence-electron chi connectivity index (χ4n) is 3.35. The van der Waals surface area contributed by atoms with Gasteiger partial charge in [0, 0.05) is 10.4 Å². The third-order valence-electron chi connectivity index (χ3n) is 4.95. The maximum Gasteiger partial charge on any atom is 0.341 e. The summed E-state index contributed by atoms with van der Waals surface area (Å²) in [6.45, 7) is 4.31. The van der Waals surface area contributed by atoms with Crippen LogP contribution in [0.25, 0.3) is 17.2 Å². The first-order valence-electron chi connectivity index (χ1n) is 10.4. The fraction of sp³-hybridized carbons (Fsp3) is 0.192. The van der Waals surface area contributed by atoms with E-state index in [9.17, 15) is 14.9 Å². The van der Waals surface area contributed by atoms with Crippen LogP contribution in [0.5, 0.6) is 11.5 Å². The maximum atomic E-state index is 12.9. The lowest BCUT2D eigenvalue weighted by Gasteiger charge is -2.09. The normalized spacial score (nSPS) is 10.9. The zero-order valence-corrected chi connectivity index (χ0v) is 20.1. The van der Waals surface area contributed by atoms with Crippen LogP contribution in [0.3, 0.4) is 0 Å². The molecule has 8 heteroatoms. The van der Waals surface area contributed by atoms with Crippen molar-refractivity contribution in [3.8, 4) is 28.7 Å². The van der Waals surface area contributed by atoms with Crippen molar-refractivity contribution in [2.24, 2.45) is 0 Å². The Labute approximate surface area is 202 Å². The summed E-state index contributed by atoms with van der Waals surface area (Å²) in [6.07, 6.45) is 1.47. The zero-order chi connectivity index (χ0) is 24.7. The zero-order valence-electron chi connectivity index (χ0n) is 19.3. The van der Waals surface area contributed by atoms with Gasteiger partial charge in [-0.1, -0.05) is 24.3 Å². The van der Waals surface area contributed by atoms with Gasteiger partial charge in [-0.3, -0.25) is 4.79 Å². The van der Waals surface area contributed by atoms with Gasteiger partial charge in [0.25, 0.3) is 5.91 Å². The molecule has 0 aliphatic rings. The number of carbonyl (C=O) groups is 2. The van der Waals surface area contributed by atoms with Gasteiger partial charge in [-0.05, 0) is 55.3 Å². The Morgan fingerprint density at radius 2 is 1.71 bits per heavy atom. The molecule has 0 radical (unpaired) electrons. The third kappa shape index (κ3) is 5.45. The van der Waals surface area contributed by atoms with Gasteiger partial charge < -0.3 is 19.5 Å². The number of aryl methyl sites for hydroxylation is 1. The molecule has 174 valence electrons. The average molecular weight is 477 g/mol. The van der Waals surface area contributed by atoms with E-state index in [2.05, 4.69) is 5.32 Å². The smallest absolute Gasteiger partial charge is 0.341 e. The number of hydrogen-bond acceptors (Lipinski definition) is 7. The van der Waals surface area contributed by atoms with Gasteiger partial charge in [-0.25, -0.2) is 4.79 Å². The molecule has 3 rings (SSSR count). The molecule has 0 aliphatic carbocycles. The van der Waals surface area contributed by atoms with Crippen LogP contribution in [0.1, 0.15) is 27.7 Å². The van der Waals surface area contributed by atoms with E-state index in [0.717, 1.165) is 16.2 Å². The molecule has 1 amide bonds. The van der Waals surface area contributed by atoms with E-state index in [1.165, 1.54) is 24.5 Å². The molecular formula is C26H24N2O5S. The van der Waals surface area contributed by atoms with Crippen LogP contribution in [0.2, 0.25) is 0 Å². The Morgan fingerprint density at radius 1 is 1.06 bits per heavy atom.